The molecule has 0 aliphatic rings. The first-order chi connectivity index (χ1) is 6.11. The van der Waals surface area contributed by atoms with E-state index in [0.29, 0.717) is 11.4 Å². The van der Waals surface area contributed by atoms with Crippen LogP contribution in [0, 0.1) is 0 Å². The Balaban J connectivity index is 2.77. The van der Waals surface area contributed by atoms with Crippen LogP contribution < -0.4 is 0 Å². The van der Waals surface area contributed by atoms with Gasteiger partial charge in [-0.05, 0) is 34.0 Å². The summed E-state index contributed by atoms with van der Waals surface area (Å²) in [5.74, 6) is -0.809. The fourth-order valence-electron chi connectivity index (χ4n) is 0.983. The van der Waals surface area contributed by atoms with Crippen LogP contribution in [-0.4, -0.2) is 11.1 Å². The molecule has 0 bridgehead atoms. The van der Waals surface area contributed by atoms with Gasteiger partial charge in [0, 0.05) is 10.9 Å². The zero-order valence-electron chi connectivity index (χ0n) is 6.76. The van der Waals surface area contributed by atoms with E-state index in [9.17, 15) is 4.79 Å². The Hall–Kier alpha value is -0.540. The molecule has 0 saturated carbocycles. The summed E-state index contributed by atoms with van der Waals surface area (Å²) in [6, 6.07) is 5.50. The molecule has 1 N–H and O–H groups in total. The van der Waals surface area contributed by atoms with Crippen LogP contribution in [0.1, 0.15) is 12.0 Å². The van der Waals surface area contributed by atoms with Crippen LogP contribution in [0.25, 0.3) is 0 Å². The highest BCUT2D eigenvalue weighted by molar-refractivity contribution is 9.10. The molecule has 0 radical (unpaired) electrons. The Bertz CT molecular complexity index is 325. The first kappa shape index (κ1) is 10.5. The van der Waals surface area contributed by atoms with Crippen LogP contribution >= 0.6 is 27.5 Å². The minimum absolute atomic E-state index is 0.107. The van der Waals surface area contributed by atoms with Crippen LogP contribution in [0.15, 0.2) is 22.7 Å². The predicted octanol–water partition coefficient (Wildman–Crippen LogP) is 3.12. The average molecular weight is 264 g/mol. The van der Waals surface area contributed by atoms with Crippen LogP contribution in [-0.2, 0) is 11.2 Å². The van der Waals surface area contributed by atoms with Gasteiger partial charge in [-0.3, -0.25) is 4.79 Å². The molecule has 0 aliphatic heterocycles. The molecule has 0 saturated heterocycles. The highest BCUT2D eigenvalue weighted by atomic mass is 79.9. The third-order valence-corrected chi connectivity index (χ3v) is 2.98. The maximum absolute atomic E-state index is 10.3. The smallest absolute Gasteiger partial charge is 0.303 e. The summed E-state index contributed by atoms with van der Waals surface area (Å²) in [5.41, 5.74) is 0.860. The summed E-state index contributed by atoms with van der Waals surface area (Å²) in [6.45, 7) is 0. The third kappa shape index (κ3) is 3.01. The minimum Gasteiger partial charge on any atom is -0.481 e. The number of carboxylic acids is 1. The minimum atomic E-state index is -0.809. The van der Waals surface area contributed by atoms with Gasteiger partial charge in [-0.25, -0.2) is 0 Å². The van der Waals surface area contributed by atoms with E-state index < -0.39 is 5.97 Å². The number of hydrogen-bond donors (Lipinski definition) is 1. The van der Waals surface area contributed by atoms with Crippen molar-refractivity contribution in [2.24, 2.45) is 0 Å². The lowest BCUT2D eigenvalue weighted by Gasteiger charge is -2.03. The summed E-state index contributed by atoms with van der Waals surface area (Å²) in [6.07, 6.45) is 0.573. The number of rotatable bonds is 3. The van der Waals surface area contributed by atoms with Crippen molar-refractivity contribution in [2.45, 2.75) is 12.8 Å². The number of carboxylic acid groups (broad SMARTS) is 1. The number of aliphatic carboxylic acids is 1. The third-order valence-electron chi connectivity index (χ3n) is 1.64. The van der Waals surface area contributed by atoms with E-state index in [4.69, 9.17) is 16.7 Å². The Morgan fingerprint density at radius 2 is 2.23 bits per heavy atom. The zero-order valence-corrected chi connectivity index (χ0v) is 9.10. The summed E-state index contributed by atoms with van der Waals surface area (Å²) in [5, 5.41) is 9.08. The quantitative estimate of drug-likeness (QED) is 0.910. The summed E-state index contributed by atoms with van der Waals surface area (Å²) in [4.78, 5) is 10.3. The Morgan fingerprint density at radius 1 is 1.54 bits per heavy atom. The van der Waals surface area contributed by atoms with Crippen LogP contribution in [0.5, 0.6) is 0 Å². The number of benzene rings is 1. The lowest BCUT2D eigenvalue weighted by atomic mass is 10.1. The first-order valence-corrected chi connectivity index (χ1v) is 4.93. The van der Waals surface area contributed by atoms with Gasteiger partial charge in [0.1, 0.15) is 0 Å². The van der Waals surface area contributed by atoms with E-state index in [1.807, 2.05) is 18.2 Å². The van der Waals surface area contributed by atoms with Crippen molar-refractivity contribution in [1.29, 1.82) is 0 Å². The highest BCUT2D eigenvalue weighted by Gasteiger charge is 2.05. The van der Waals surface area contributed by atoms with Gasteiger partial charge in [0.05, 0.1) is 5.02 Å². The molecule has 0 unspecified atom stereocenters. The molecular weight excluding hydrogens is 255 g/mol. The SMILES string of the molecule is O=C(O)CCc1cccc(Br)c1Cl. The van der Waals surface area contributed by atoms with Crippen molar-refractivity contribution in [1.82, 2.24) is 0 Å². The maximum atomic E-state index is 10.3. The van der Waals surface area contributed by atoms with E-state index in [1.54, 1.807) is 0 Å². The van der Waals surface area contributed by atoms with Crippen LogP contribution in [0.3, 0.4) is 0 Å². The van der Waals surface area contributed by atoms with Crippen molar-refractivity contribution in [2.75, 3.05) is 0 Å². The van der Waals surface area contributed by atoms with Gasteiger partial charge < -0.3 is 5.11 Å². The molecule has 0 amide bonds. The van der Waals surface area contributed by atoms with Gasteiger partial charge in [0.15, 0.2) is 0 Å². The van der Waals surface area contributed by atoms with Crippen molar-refractivity contribution in [3.8, 4) is 0 Å². The van der Waals surface area contributed by atoms with Crippen molar-refractivity contribution < 1.29 is 9.90 Å². The van der Waals surface area contributed by atoms with Gasteiger partial charge in [-0.1, -0.05) is 23.7 Å². The molecule has 0 aliphatic carbocycles. The average Bonchev–Trinajstić information content (AvgIpc) is 2.07. The fraction of sp³-hybridized carbons (Fsp3) is 0.222. The molecule has 1 rings (SSSR count). The number of halogens is 2. The van der Waals surface area contributed by atoms with Crippen LogP contribution in [0.2, 0.25) is 5.02 Å². The number of hydrogen-bond acceptors (Lipinski definition) is 1. The molecule has 13 heavy (non-hydrogen) atoms. The number of aryl methyl sites for hydroxylation is 1. The van der Waals surface area contributed by atoms with Gasteiger partial charge in [0.25, 0.3) is 0 Å². The molecule has 1 aromatic carbocycles. The Labute approximate surface area is 89.7 Å². The lowest BCUT2D eigenvalue weighted by Crippen LogP contribution is -1.97. The van der Waals surface area contributed by atoms with E-state index in [-0.39, 0.29) is 6.42 Å². The molecule has 2 nitrogen and oxygen atoms in total. The summed E-state index contributed by atoms with van der Waals surface area (Å²) >= 11 is 9.21. The first-order valence-electron chi connectivity index (χ1n) is 3.76. The topological polar surface area (TPSA) is 37.3 Å². The molecular formula is C9H8BrClO2. The number of carbonyl (C=O) groups is 1. The Kier molecular flexibility index (Phi) is 3.75. The van der Waals surface area contributed by atoms with Crippen molar-refractivity contribution in [3.63, 3.8) is 0 Å². The molecule has 0 spiro atoms. The normalized spacial score (nSPS) is 10.0. The molecule has 70 valence electrons. The van der Waals surface area contributed by atoms with E-state index in [0.717, 1.165) is 10.0 Å². The Morgan fingerprint density at radius 3 is 2.85 bits per heavy atom. The maximum Gasteiger partial charge on any atom is 0.303 e. The summed E-state index contributed by atoms with van der Waals surface area (Å²) < 4.78 is 0.803. The summed E-state index contributed by atoms with van der Waals surface area (Å²) in [7, 11) is 0. The van der Waals surface area contributed by atoms with Crippen molar-refractivity contribution >= 4 is 33.5 Å². The van der Waals surface area contributed by atoms with Gasteiger partial charge in [-0.2, -0.15) is 0 Å². The second-order valence-electron chi connectivity index (χ2n) is 2.61. The molecule has 0 heterocycles. The predicted molar refractivity (Wildman–Crippen MR) is 55.1 cm³/mol. The van der Waals surface area contributed by atoms with Crippen LogP contribution in [0.4, 0.5) is 0 Å². The molecule has 0 aromatic heterocycles. The second-order valence-corrected chi connectivity index (χ2v) is 3.84. The zero-order chi connectivity index (χ0) is 9.84. The largest absolute Gasteiger partial charge is 0.481 e. The molecule has 1 aromatic rings. The monoisotopic (exact) mass is 262 g/mol. The molecule has 4 heteroatoms. The molecule has 0 atom stereocenters. The van der Waals surface area contributed by atoms with E-state index in [2.05, 4.69) is 15.9 Å². The van der Waals surface area contributed by atoms with E-state index in [1.165, 1.54) is 0 Å². The standard InChI is InChI=1S/C9H8BrClO2/c10-7-3-1-2-6(9(7)11)4-5-8(12)13/h1-3H,4-5H2,(H,12,13). The van der Waals surface area contributed by atoms with Gasteiger partial charge in [0.2, 0.25) is 0 Å². The fourth-order valence-corrected chi connectivity index (χ4v) is 1.61. The highest BCUT2D eigenvalue weighted by Crippen LogP contribution is 2.26. The molecule has 0 fully saturated rings. The van der Waals surface area contributed by atoms with Gasteiger partial charge in [-0.15, -0.1) is 0 Å². The van der Waals surface area contributed by atoms with Gasteiger partial charge >= 0.3 is 5.97 Å². The second kappa shape index (κ2) is 4.63. The van der Waals surface area contributed by atoms with E-state index >= 15 is 0 Å². The lowest BCUT2D eigenvalue weighted by molar-refractivity contribution is -0.136. The van der Waals surface area contributed by atoms with Crippen molar-refractivity contribution in [3.05, 3.63) is 33.3 Å².